The van der Waals surface area contributed by atoms with Crippen LogP contribution in [0.3, 0.4) is 0 Å². The molecule has 1 unspecified atom stereocenters. The number of benzene rings is 1. The van der Waals surface area contributed by atoms with Crippen molar-refractivity contribution in [2.24, 2.45) is 0 Å². The van der Waals surface area contributed by atoms with Crippen LogP contribution in [0, 0.1) is 13.8 Å². The average molecular weight is 260 g/mol. The first-order valence-electron chi connectivity index (χ1n) is 7.71. The minimum Gasteiger partial charge on any atom is -0.315 e. The van der Waals surface area contributed by atoms with Gasteiger partial charge in [0.25, 0.3) is 0 Å². The van der Waals surface area contributed by atoms with Gasteiger partial charge in [-0.05, 0) is 45.3 Å². The smallest absolute Gasteiger partial charge is 0.0237 e. The van der Waals surface area contributed by atoms with Crippen LogP contribution in [0.4, 0.5) is 0 Å². The Kier molecular flexibility index (Phi) is 5.41. The Morgan fingerprint density at radius 2 is 1.89 bits per heavy atom. The average Bonchev–Trinajstić information content (AvgIpc) is 2.36. The molecule has 1 atom stereocenters. The lowest BCUT2D eigenvalue weighted by Gasteiger charge is -2.36. The number of rotatable bonds is 5. The zero-order valence-corrected chi connectivity index (χ0v) is 12.7. The molecule has 2 rings (SSSR count). The quantitative estimate of drug-likeness (QED) is 0.874. The van der Waals surface area contributed by atoms with E-state index in [1.165, 1.54) is 42.5 Å². The highest BCUT2D eigenvalue weighted by Crippen LogP contribution is 2.20. The minimum absolute atomic E-state index is 0.717. The second-order valence-electron chi connectivity index (χ2n) is 5.92. The van der Waals surface area contributed by atoms with E-state index < -0.39 is 0 Å². The Morgan fingerprint density at radius 3 is 2.58 bits per heavy atom. The molecule has 2 heteroatoms. The molecule has 0 aromatic heterocycles. The minimum atomic E-state index is 0.717. The van der Waals surface area contributed by atoms with E-state index in [0.717, 1.165) is 25.7 Å². The zero-order chi connectivity index (χ0) is 13.7. The lowest BCUT2D eigenvalue weighted by atomic mass is 10.00. The van der Waals surface area contributed by atoms with E-state index in [1.54, 1.807) is 0 Å². The normalized spacial score (nSPS) is 20.7. The summed E-state index contributed by atoms with van der Waals surface area (Å²) >= 11 is 0. The summed E-state index contributed by atoms with van der Waals surface area (Å²) in [4.78, 5) is 2.67. The van der Waals surface area contributed by atoms with Crippen molar-refractivity contribution in [1.82, 2.24) is 10.2 Å². The molecule has 106 valence electrons. The van der Waals surface area contributed by atoms with Gasteiger partial charge in [-0.1, -0.05) is 42.7 Å². The zero-order valence-electron chi connectivity index (χ0n) is 12.7. The number of likely N-dealkylation sites (N-methyl/N-ethyl adjacent to an activating group) is 1. The maximum absolute atomic E-state index is 3.51. The highest BCUT2D eigenvalue weighted by molar-refractivity contribution is 5.28. The summed E-state index contributed by atoms with van der Waals surface area (Å²) in [5.74, 6) is 0. The molecule has 1 aliphatic heterocycles. The molecule has 2 nitrogen and oxygen atoms in total. The lowest BCUT2D eigenvalue weighted by Crippen LogP contribution is -2.44. The largest absolute Gasteiger partial charge is 0.315 e. The van der Waals surface area contributed by atoms with Gasteiger partial charge in [0.2, 0.25) is 0 Å². The standard InChI is InChI=1S/C17H28N2/c1-4-18-12-17-7-5-6-8-19(17)13-16-10-14(2)9-15(3)11-16/h9-11,17-18H,4-8,12-13H2,1-3H3. The van der Waals surface area contributed by atoms with Crippen LogP contribution in [-0.2, 0) is 6.54 Å². The molecule has 1 aromatic carbocycles. The van der Waals surface area contributed by atoms with Crippen LogP contribution in [0.5, 0.6) is 0 Å². The van der Waals surface area contributed by atoms with Gasteiger partial charge in [0.05, 0.1) is 0 Å². The van der Waals surface area contributed by atoms with Crippen LogP contribution in [-0.4, -0.2) is 30.6 Å². The van der Waals surface area contributed by atoms with E-state index in [-0.39, 0.29) is 0 Å². The summed E-state index contributed by atoms with van der Waals surface area (Å²) < 4.78 is 0. The molecule has 1 saturated heterocycles. The van der Waals surface area contributed by atoms with E-state index in [9.17, 15) is 0 Å². The summed E-state index contributed by atoms with van der Waals surface area (Å²) in [6, 6.07) is 7.66. The molecule has 1 heterocycles. The fourth-order valence-electron chi connectivity index (χ4n) is 3.21. The molecular weight excluding hydrogens is 232 g/mol. The molecule has 19 heavy (non-hydrogen) atoms. The van der Waals surface area contributed by atoms with Crippen molar-refractivity contribution < 1.29 is 0 Å². The summed E-state index contributed by atoms with van der Waals surface area (Å²) in [5, 5.41) is 3.51. The number of hydrogen-bond donors (Lipinski definition) is 1. The third kappa shape index (κ3) is 4.32. The maximum atomic E-state index is 3.51. The highest BCUT2D eigenvalue weighted by Gasteiger charge is 2.21. The van der Waals surface area contributed by atoms with E-state index >= 15 is 0 Å². The Labute approximate surface area is 118 Å². The van der Waals surface area contributed by atoms with Gasteiger partial charge in [-0.15, -0.1) is 0 Å². The van der Waals surface area contributed by atoms with Gasteiger partial charge in [-0.2, -0.15) is 0 Å². The van der Waals surface area contributed by atoms with E-state index in [4.69, 9.17) is 0 Å². The number of nitrogens with zero attached hydrogens (tertiary/aromatic N) is 1. The summed E-state index contributed by atoms with van der Waals surface area (Å²) in [6.45, 7) is 11.2. The summed E-state index contributed by atoms with van der Waals surface area (Å²) in [6.07, 6.45) is 4.09. The molecule has 1 N–H and O–H groups in total. The van der Waals surface area contributed by atoms with Crippen LogP contribution in [0.15, 0.2) is 18.2 Å². The number of likely N-dealkylation sites (tertiary alicyclic amines) is 1. The first-order valence-corrected chi connectivity index (χ1v) is 7.71. The second kappa shape index (κ2) is 7.06. The van der Waals surface area contributed by atoms with Gasteiger partial charge in [-0.25, -0.2) is 0 Å². The van der Waals surface area contributed by atoms with Crippen LogP contribution >= 0.6 is 0 Å². The molecule has 1 aromatic rings. The molecule has 0 radical (unpaired) electrons. The predicted molar refractivity (Wildman–Crippen MR) is 82.5 cm³/mol. The molecule has 0 bridgehead atoms. The van der Waals surface area contributed by atoms with E-state index in [2.05, 4.69) is 49.2 Å². The van der Waals surface area contributed by atoms with Crippen LogP contribution < -0.4 is 5.32 Å². The SMILES string of the molecule is CCNCC1CCCCN1Cc1cc(C)cc(C)c1. The molecule has 1 fully saturated rings. The third-order valence-corrected chi connectivity index (χ3v) is 4.05. The molecule has 0 saturated carbocycles. The van der Waals surface area contributed by atoms with Crippen molar-refractivity contribution in [3.05, 3.63) is 34.9 Å². The monoisotopic (exact) mass is 260 g/mol. The molecule has 0 amide bonds. The predicted octanol–water partition coefficient (Wildman–Crippen LogP) is 3.27. The van der Waals surface area contributed by atoms with Crippen molar-refractivity contribution in [2.75, 3.05) is 19.6 Å². The Hall–Kier alpha value is -0.860. The number of hydrogen-bond acceptors (Lipinski definition) is 2. The Bertz CT molecular complexity index is 380. The van der Waals surface area contributed by atoms with Crippen LogP contribution in [0.1, 0.15) is 42.9 Å². The first-order chi connectivity index (χ1) is 9.19. The Morgan fingerprint density at radius 1 is 1.16 bits per heavy atom. The van der Waals surface area contributed by atoms with Crippen molar-refractivity contribution in [3.8, 4) is 0 Å². The summed E-state index contributed by atoms with van der Waals surface area (Å²) in [5.41, 5.74) is 4.24. The van der Waals surface area contributed by atoms with Gasteiger partial charge in [0, 0.05) is 19.1 Å². The fraction of sp³-hybridized carbons (Fsp3) is 0.647. The fourth-order valence-corrected chi connectivity index (χ4v) is 3.21. The first kappa shape index (κ1) is 14.5. The highest BCUT2D eigenvalue weighted by atomic mass is 15.2. The topological polar surface area (TPSA) is 15.3 Å². The maximum Gasteiger partial charge on any atom is 0.0237 e. The number of piperidine rings is 1. The molecular formula is C17H28N2. The molecule has 0 spiro atoms. The van der Waals surface area contributed by atoms with Crippen molar-refractivity contribution in [1.29, 1.82) is 0 Å². The van der Waals surface area contributed by atoms with Gasteiger partial charge in [-0.3, -0.25) is 4.90 Å². The molecule has 1 aliphatic rings. The van der Waals surface area contributed by atoms with Gasteiger partial charge < -0.3 is 5.32 Å². The van der Waals surface area contributed by atoms with Crippen molar-refractivity contribution >= 4 is 0 Å². The van der Waals surface area contributed by atoms with Gasteiger partial charge in [0.15, 0.2) is 0 Å². The Balaban J connectivity index is 2.01. The second-order valence-corrected chi connectivity index (χ2v) is 5.92. The number of nitrogens with one attached hydrogen (secondary N) is 1. The van der Waals surface area contributed by atoms with Gasteiger partial charge in [0.1, 0.15) is 0 Å². The number of aryl methyl sites for hydroxylation is 2. The molecule has 0 aliphatic carbocycles. The van der Waals surface area contributed by atoms with Crippen molar-refractivity contribution in [3.63, 3.8) is 0 Å². The third-order valence-electron chi connectivity index (χ3n) is 4.05. The lowest BCUT2D eigenvalue weighted by molar-refractivity contribution is 0.138. The van der Waals surface area contributed by atoms with Crippen molar-refractivity contribution in [2.45, 2.75) is 52.6 Å². The van der Waals surface area contributed by atoms with Gasteiger partial charge >= 0.3 is 0 Å². The van der Waals surface area contributed by atoms with E-state index in [0.29, 0.717) is 0 Å². The van der Waals surface area contributed by atoms with E-state index in [1.807, 2.05) is 0 Å². The van der Waals surface area contributed by atoms with Crippen LogP contribution in [0.25, 0.3) is 0 Å². The summed E-state index contributed by atoms with van der Waals surface area (Å²) in [7, 11) is 0. The van der Waals surface area contributed by atoms with Crippen LogP contribution in [0.2, 0.25) is 0 Å².